The molecule has 1 atom stereocenters. The van der Waals surface area contributed by atoms with Crippen molar-refractivity contribution >= 4 is 5.95 Å². The maximum absolute atomic E-state index is 9.88. The molecule has 21 heavy (non-hydrogen) atoms. The van der Waals surface area contributed by atoms with Crippen molar-refractivity contribution in [3.63, 3.8) is 0 Å². The highest BCUT2D eigenvalue weighted by Gasteiger charge is 2.36. The van der Waals surface area contributed by atoms with Crippen LogP contribution in [0.15, 0.2) is 12.4 Å². The molecular formula is C16H28N4O. The van der Waals surface area contributed by atoms with Crippen molar-refractivity contribution in [2.75, 3.05) is 45.2 Å². The van der Waals surface area contributed by atoms with Gasteiger partial charge < -0.3 is 14.9 Å². The fourth-order valence-corrected chi connectivity index (χ4v) is 3.29. The molecule has 1 N–H and O–H groups in total. The van der Waals surface area contributed by atoms with Gasteiger partial charge in [0.05, 0.1) is 6.61 Å². The summed E-state index contributed by atoms with van der Waals surface area (Å²) in [5.74, 6) is 0.797. The molecule has 2 rings (SSSR count). The number of piperidine rings is 1. The molecule has 0 saturated carbocycles. The predicted molar refractivity (Wildman–Crippen MR) is 85.5 cm³/mol. The molecule has 0 aromatic carbocycles. The normalized spacial score (nSPS) is 22.8. The van der Waals surface area contributed by atoms with E-state index in [0.717, 1.165) is 51.3 Å². The number of aryl methyl sites for hydroxylation is 1. The van der Waals surface area contributed by atoms with Gasteiger partial charge in [0, 0.05) is 37.4 Å². The molecule has 0 aliphatic carbocycles. The first kappa shape index (κ1) is 16.2. The van der Waals surface area contributed by atoms with Crippen molar-refractivity contribution in [2.24, 2.45) is 5.41 Å². The van der Waals surface area contributed by atoms with Gasteiger partial charge in [-0.1, -0.05) is 13.3 Å². The lowest BCUT2D eigenvalue weighted by Crippen LogP contribution is -2.50. The van der Waals surface area contributed by atoms with Crippen LogP contribution in [0.2, 0.25) is 0 Å². The van der Waals surface area contributed by atoms with Gasteiger partial charge in [-0.2, -0.15) is 0 Å². The van der Waals surface area contributed by atoms with Gasteiger partial charge in [0.1, 0.15) is 0 Å². The molecule has 0 bridgehead atoms. The van der Waals surface area contributed by atoms with Crippen molar-refractivity contribution < 1.29 is 5.11 Å². The van der Waals surface area contributed by atoms with E-state index in [2.05, 4.69) is 40.8 Å². The van der Waals surface area contributed by atoms with Crippen LogP contribution in [0.4, 0.5) is 5.95 Å². The Labute approximate surface area is 128 Å². The molecule has 1 aliphatic heterocycles. The Balaban J connectivity index is 2.09. The Morgan fingerprint density at radius 3 is 2.62 bits per heavy atom. The van der Waals surface area contributed by atoms with Crippen LogP contribution < -0.4 is 4.90 Å². The summed E-state index contributed by atoms with van der Waals surface area (Å²) in [5, 5.41) is 9.88. The highest BCUT2D eigenvalue weighted by atomic mass is 16.3. The van der Waals surface area contributed by atoms with Gasteiger partial charge in [-0.25, -0.2) is 9.97 Å². The molecule has 1 unspecified atom stereocenters. The smallest absolute Gasteiger partial charge is 0.225 e. The first-order valence-electron chi connectivity index (χ1n) is 7.90. The van der Waals surface area contributed by atoms with Crippen LogP contribution in [0, 0.1) is 5.41 Å². The molecule has 0 amide bonds. The van der Waals surface area contributed by atoms with Crippen LogP contribution in [0.25, 0.3) is 0 Å². The van der Waals surface area contributed by atoms with Crippen molar-refractivity contribution in [3.8, 4) is 0 Å². The summed E-state index contributed by atoms with van der Waals surface area (Å²) in [7, 11) is 4.12. The Morgan fingerprint density at radius 2 is 2.05 bits per heavy atom. The minimum atomic E-state index is -0.0623. The molecule has 118 valence electrons. The molecule has 1 fully saturated rings. The van der Waals surface area contributed by atoms with Gasteiger partial charge in [-0.15, -0.1) is 0 Å². The standard InChI is InChI=1S/C16H28N4O/c1-4-6-14-9-17-15(18-10-14)20-8-5-7-16(12-20,13-21)11-19(2)3/h9-10,21H,4-8,11-13H2,1-3H3. The number of rotatable bonds is 6. The Kier molecular flexibility index (Phi) is 5.53. The highest BCUT2D eigenvalue weighted by Crippen LogP contribution is 2.31. The van der Waals surface area contributed by atoms with E-state index in [1.165, 1.54) is 5.56 Å². The second-order valence-corrected chi connectivity index (χ2v) is 6.56. The van der Waals surface area contributed by atoms with Gasteiger partial charge >= 0.3 is 0 Å². The minimum absolute atomic E-state index is 0.0623. The zero-order chi connectivity index (χ0) is 15.3. The molecule has 1 aromatic heterocycles. The van der Waals surface area contributed by atoms with E-state index in [0.29, 0.717) is 0 Å². The number of aliphatic hydroxyl groups is 1. The lowest BCUT2D eigenvalue weighted by Gasteiger charge is -2.43. The van der Waals surface area contributed by atoms with E-state index in [-0.39, 0.29) is 12.0 Å². The molecule has 5 nitrogen and oxygen atoms in total. The van der Waals surface area contributed by atoms with Gasteiger partial charge in [-0.05, 0) is 38.9 Å². The SMILES string of the molecule is CCCc1cnc(N2CCCC(CO)(CN(C)C)C2)nc1. The summed E-state index contributed by atoms with van der Waals surface area (Å²) in [6, 6.07) is 0. The molecule has 5 heteroatoms. The Morgan fingerprint density at radius 1 is 1.33 bits per heavy atom. The predicted octanol–water partition coefficient (Wildman–Crippen LogP) is 1.57. The molecule has 2 heterocycles. The summed E-state index contributed by atoms with van der Waals surface area (Å²) in [4.78, 5) is 13.4. The summed E-state index contributed by atoms with van der Waals surface area (Å²) in [6.45, 7) is 5.08. The number of hydrogen-bond acceptors (Lipinski definition) is 5. The number of aromatic nitrogens is 2. The molecule has 1 aromatic rings. The maximum Gasteiger partial charge on any atom is 0.225 e. The lowest BCUT2D eigenvalue weighted by atomic mass is 9.80. The van der Waals surface area contributed by atoms with Gasteiger partial charge in [0.2, 0.25) is 5.95 Å². The number of nitrogens with zero attached hydrogens (tertiary/aromatic N) is 4. The molecular weight excluding hydrogens is 264 g/mol. The van der Waals surface area contributed by atoms with Crippen molar-refractivity contribution in [1.82, 2.24) is 14.9 Å². The summed E-state index contributed by atoms with van der Waals surface area (Å²) >= 11 is 0. The van der Waals surface area contributed by atoms with Crippen molar-refractivity contribution in [1.29, 1.82) is 0 Å². The third-order valence-corrected chi connectivity index (χ3v) is 4.16. The minimum Gasteiger partial charge on any atom is -0.396 e. The fourth-order valence-electron chi connectivity index (χ4n) is 3.29. The summed E-state index contributed by atoms with van der Waals surface area (Å²) in [5.41, 5.74) is 1.13. The van der Waals surface area contributed by atoms with E-state index < -0.39 is 0 Å². The van der Waals surface area contributed by atoms with Gasteiger partial charge in [0.25, 0.3) is 0 Å². The van der Waals surface area contributed by atoms with Crippen LogP contribution in [0.5, 0.6) is 0 Å². The topological polar surface area (TPSA) is 52.5 Å². The quantitative estimate of drug-likeness (QED) is 0.862. The Hall–Kier alpha value is -1.20. The Bertz CT molecular complexity index is 434. The third kappa shape index (κ3) is 4.14. The van der Waals surface area contributed by atoms with E-state index in [1.807, 2.05) is 12.4 Å². The monoisotopic (exact) mass is 292 g/mol. The lowest BCUT2D eigenvalue weighted by molar-refractivity contribution is 0.0758. The first-order chi connectivity index (χ1) is 10.1. The molecule has 0 spiro atoms. The van der Waals surface area contributed by atoms with Crippen LogP contribution in [0.1, 0.15) is 31.7 Å². The van der Waals surface area contributed by atoms with E-state index in [1.54, 1.807) is 0 Å². The zero-order valence-electron chi connectivity index (χ0n) is 13.5. The average molecular weight is 292 g/mol. The zero-order valence-corrected chi connectivity index (χ0v) is 13.5. The second-order valence-electron chi connectivity index (χ2n) is 6.56. The van der Waals surface area contributed by atoms with Crippen LogP contribution >= 0.6 is 0 Å². The van der Waals surface area contributed by atoms with Gasteiger partial charge in [-0.3, -0.25) is 0 Å². The third-order valence-electron chi connectivity index (χ3n) is 4.16. The van der Waals surface area contributed by atoms with Crippen LogP contribution in [-0.2, 0) is 6.42 Å². The van der Waals surface area contributed by atoms with E-state index in [4.69, 9.17) is 0 Å². The maximum atomic E-state index is 9.88. The van der Waals surface area contributed by atoms with E-state index in [9.17, 15) is 5.11 Å². The number of aliphatic hydroxyl groups excluding tert-OH is 1. The first-order valence-corrected chi connectivity index (χ1v) is 7.90. The fraction of sp³-hybridized carbons (Fsp3) is 0.750. The number of anilines is 1. The van der Waals surface area contributed by atoms with Crippen molar-refractivity contribution in [3.05, 3.63) is 18.0 Å². The molecule has 1 saturated heterocycles. The van der Waals surface area contributed by atoms with E-state index >= 15 is 0 Å². The largest absolute Gasteiger partial charge is 0.396 e. The van der Waals surface area contributed by atoms with Gasteiger partial charge in [0.15, 0.2) is 0 Å². The average Bonchev–Trinajstić information content (AvgIpc) is 2.48. The summed E-state index contributed by atoms with van der Waals surface area (Å²) < 4.78 is 0. The van der Waals surface area contributed by atoms with Crippen LogP contribution in [0.3, 0.4) is 0 Å². The molecule has 0 radical (unpaired) electrons. The summed E-state index contributed by atoms with van der Waals surface area (Å²) in [6.07, 6.45) is 8.16. The van der Waals surface area contributed by atoms with Crippen molar-refractivity contribution in [2.45, 2.75) is 32.6 Å². The molecule has 1 aliphatic rings. The second kappa shape index (κ2) is 7.18. The van der Waals surface area contributed by atoms with Crippen LogP contribution in [-0.4, -0.2) is 60.3 Å². The number of hydrogen-bond donors (Lipinski definition) is 1. The highest BCUT2D eigenvalue weighted by molar-refractivity contribution is 5.31.